The van der Waals surface area contributed by atoms with Crippen LogP contribution >= 0.6 is 6.72 Å². The lowest BCUT2D eigenvalue weighted by Gasteiger charge is -2.22. The number of nitrogen functional groups attached to an aromatic ring is 1. The van der Waals surface area contributed by atoms with Crippen molar-refractivity contribution in [2.45, 2.75) is 31.5 Å². The van der Waals surface area contributed by atoms with Crippen molar-refractivity contribution in [3.05, 3.63) is 48.0 Å². The summed E-state index contributed by atoms with van der Waals surface area (Å²) in [5.74, 6) is -0.530. The standard InChI is InChI=1S/C18H20N5O7PS/c1-9-4-2-3-5-10(9)18(25)30-14-13(24)11(6-28-31(26,27)32)29-17(14)23-8-22-12-15(19)20-7-21-16(12)23/h2-5,7-8,11,13-14,17,24H,6H2,1H3,(H2,19,20,21)(H2,26,27,32)/t11-,13-,14-,17-/m1/s1. The number of aromatic nitrogens is 4. The Hall–Kier alpha value is -2.51. The SMILES string of the molecule is Cc1ccccc1C(=O)O[C@@H]1[C@H](O)[C@@H](COP(O)(O)=S)O[C@H]1n1cnc2c(N)ncnc21. The minimum Gasteiger partial charge on any atom is -0.451 e. The molecule has 1 aromatic carbocycles. The lowest BCUT2D eigenvalue weighted by atomic mass is 10.1. The number of nitrogens with two attached hydrogens (primary N) is 1. The highest BCUT2D eigenvalue weighted by Gasteiger charge is 2.48. The van der Waals surface area contributed by atoms with Gasteiger partial charge in [-0.1, -0.05) is 18.2 Å². The highest BCUT2D eigenvalue weighted by atomic mass is 32.5. The second kappa shape index (κ2) is 8.79. The Kier molecular flexibility index (Phi) is 6.23. The fourth-order valence-electron chi connectivity index (χ4n) is 3.42. The average molecular weight is 481 g/mol. The molecule has 0 bridgehead atoms. The van der Waals surface area contributed by atoms with Crippen molar-refractivity contribution in [1.29, 1.82) is 0 Å². The maximum atomic E-state index is 12.8. The van der Waals surface area contributed by atoms with E-state index in [9.17, 15) is 19.7 Å². The van der Waals surface area contributed by atoms with Gasteiger partial charge in [0, 0.05) is 0 Å². The van der Waals surface area contributed by atoms with Gasteiger partial charge in [-0.2, -0.15) is 0 Å². The molecule has 12 nitrogen and oxygen atoms in total. The number of hydrogen-bond donors (Lipinski definition) is 4. The molecule has 0 spiro atoms. The Labute approximate surface area is 186 Å². The van der Waals surface area contributed by atoms with Crippen LogP contribution in [0.5, 0.6) is 0 Å². The van der Waals surface area contributed by atoms with Gasteiger partial charge >= 0.3 is 12.7 Å². The van der Waals surface area contributed by atoms with Crippen LogP contribution in [0.25, 0.3) is 11.2 Å². The third kappa shape index (κ3) is 4.50. The summed E-state index contributed by atoms with van der Waals surface area (Å²) in [6.07, 6.45) is -2.14. The van der Waals surface area contributed by atoms with Gasteiger partial charge in [-0.15, -0.1) is 0 Å². The molecule has 14 heteroatoms. The Morgan fingerprint density at radius 2 is 2.06 bits per heavy atom. The summed E-state index contributed by atoms with van der Waals surface area (Å²) in [4.78, 5) is 43.8. The molecule has 0 unspecified atom stereocenters. The van der Waals surface area contributed by atoms with Gasteiger partial charge in [0.2, 0.25) is 0 Å². The first-order valence-corrected chi connectivity index (χ1v) is 12.0. The van der Waals surface area contributed by atoms with Crippen LogP contribution in [0.4, 0.5) is 5.82 Å². The number of imidazole rings is 1. The predicted molar refractivity (Wildman–Crippen MR) is 115 cm³/mol. The minimum atomic E-state index is -3.99. The van der Waals surface area contributed by atoms with E-state index in [0.29, 0.717) is 22.3 Å². The van der Waals surface area contributed by atoms with Crippen molar-refractivity contribution in [2.75, 3.05) is 12.3 Å². The molecule has 1 fully saturated rings. The molecular formula is C18H20N5O7PS. The topological polar surface area (TPSA) is 175 Å². The first-order valence-electron chi connectivity index (χ1n) is 9.39. The Balaban J connectivity index is 1.67. The Morgan fingerprint density at radius 1 is 1.31 bits per heavy atom. The normalized spacial score (nSPS) is 23.5. The second-order valence-electron chi connectivity index (χ2n) is 7.11. The maximum absolute atomic E-state index is 12.8. The van der Waals surface area contributed by atoms with E-state index >= 15 is 0 Å². The number of esters is 1. The summed E-state index contributed by atoms with van der Waals surface area (Å²) >= 11 is 4.45. The van der Waals surface area contributed by atoms with Crippen LogP contribution in [0.1, 0.15) is 22.1 Å². The zero-order valence-corrected chi connectivity index (χ0v) is 18.4. The molecule has 0 radical (unpaired) electrons. The number of aliphatic hydroxyl groups is 1. The minimum absolute atomic E-state index is 0.141. The summed E-state index contributed by atoms with van der Waals surface area (Å²) < 4.78 is 17.8. The number of anilines is 1. The predicted octanol–water partition coefficient (Wildman–Crippen LogP) is 0.427. The van der Waals surface area contributed by atoms with E-state index in [1.807, 2.05) is 0 Å². The molecule has 0 aliphatic carbocycles. The van der Waals surface area contributed by atoms with Crippen LogP contribution in [-0.4, -0.2) is 65.3 Å². The van der Waals surface area contributed by atoms with E-state index in [1.54, 1.807) is 31.2 Å². The molecular weight excluding hydrogens is 461 g/mol. The summed E-state index contributed by atoms with van der Waals surface area (Å²) in [6.45, 7) is -2.68. The quantitative estimate of drug-likeness (QED) is 0.283. The molecule has 2 aromatic heterocycles. The highest BCUT2D eigenvalue weighted by Crippen LogP contribution is 2.40. The molecule has 1 saturated heterocycles. The molecule has 3 heterocycles. The number of ether oxygens (including phenoxy) is 2. The van der Waals surface area contributed by atoms with Crippen LogP contribution in [0.2, 0.25) is 0 Å². The molecule has 170 valence electrons. The van der Waals surface area contributed by atoms with Gasteiger partial charge in [0.1, 0.15) is 24.1 Å². The number of carbonyl (C=O) groups excluding carboxylic acids is 1. The van der Waals surface area contributed by atoms with Gasteiger partial charge in [0.25, 0.3) is 0 Å². The van der Waals surface area contributed by atoms with Crippen LogP contribution < -0.4 is 5.73 Å². The first kappa shape index (κ1) is 22.7. The number of fused-ring (bicyclic) bond motifs is 1. The molecule has 5 N–H and O–H groups in total. The summed E-state index contributed by atoms with van der Waals surface area (Å²) in [7, 11) is 0. The molecule has 3 aromatic rings. The lowest BCUT2D eigenvalue weighted by molar-refractivity contribution is -0.0548. The van der Waals surface area contributed by atoms with Crippen molar-refractivity contribution in [3.8, 4) is 0 Å². The van der Waals surface area contributed by atoms with E-state index in [0.717, 1.165) is 0 Å². The van der Waals surface area contributed by atoms with Gasteiger partial charge in [0.05, 0.1) is 18.5 Å². The number of aliphatic hydroxyl groups excluding tert-OH is 1. The van der Waals surface area contributed by atoms with Crippen LogP contribution in [0, 0.1) is 6.92 Å². The smallest absolute Gasteiger partial charge is 0.338 e. The van der Waals surface area contributed by atoms with Crippen molar-refractivity contribution < 1.29 is 33.7 Å². The van der Waals surface area contributed by atoms with Gasteiger partial charge < -0.3 is 34.6 Å². The Morgan fingerprint density at radius 3 is 2.78 bits per heavy atom. The molecule has 4 atom stereocenters. The van der Waals surface area contributed by atoms with Gasteiger partial charge in [-0.25, -0.2) is 19.7 Å². The second-order valence-corrected chi connectivity index (χ2v) is 9.78. The number of nitrogens with zero attached hydrogens (tertiary/aromatic N) is 4. The number of hydrogen-bond acceptors (Lipinski definition) is 10. The van der Waals surface area contributed by atoms with Crippen LogP contribution in [0.3, 0.4) is 0 Å². The monoisotopic (exact) mass is 481 g/mol. The lowest BCUT2D eigenvalue weighted by Crippen LogP contribution is -2.37. The van der Waals surface area contributed by atoms with Gasteiger partial charge in [-0.3, -0.25) is 4.57 Å². The first-order chi connectivity index (χ1) is 15.2. The van der Waals surface area contributed by atoms with E-state index in [2.05, 4.69) is 26.8 Å². The maximum Gasteiger partial charge on any atom is 0.338 e. The number of carbonyl (C=O) groups is 1. The van der Waals surface area contributed by atoms with Crippen molar-refractivity contribution in [1.82, 2.24) is 19.5 Å². The third-order valence-corrected chi connectivity index (χ3v) is 5.79. The third-order valence-electron chi connectivity index (χ3n) is 4.99. The van der Waals surface area contributed by atoms with Crippen molar-refractivity contribution >= 4 is 41.5 Å². The molecule has 4 rings (SSSR count). The zero-order valence-electron chi connectivity index (χ0n) is 16.7. The fraction of sp³-hybridized carbons (Fsp3) is 0.333. The van der Waals surface area contributed by atoms with E-state index in [-0.39, 0.29) is 5.82 Å². The number of aryl methyl sites for hydroxylation is 1. The number of benzene rings is 1. The molecule has 0 amide bonds. The van der Waals surface area contributed by atoms with Crippen molar-refractivity contribution in [3.63, 3.8) is 0 Å². The van der Waals surface area contributed by atoms with E-state index in [4.69, 9.17) is 19.7 Å². The van der Waals surface area contributed by atoms with Gasteiger partial charge in [-0.05, 0) is 30.4 Å². The fourth-order valence-corrected chi connectivity index (χ4v) is 3.95. The average Bonchev–Trinajstić information content (AvgIpc) is 3.29. The van der Waals surface area contributed by atoms with Crippen LogP contribution in [-0.2, 0) is 25.8 Å². The van der Waals surface area contributed by atoms with E-state index in [1.165, 1.54) is 17.2 Å². The summed E-state index contributed by atoms with van der Waals surface area (Å²) in [5, 5.41) is 10.8. The van der Waals surface area contributed by atoms with E-state index < -0.39 is 43.8 Å². The molecule has 0 saturated carbocycles. The summed E-state index contributed by atoms with van der Waals surface area (Å²) in [6, 6.07) is 6.83. The molecule has 1 aliphatic rings. The van der Waals surface area contributed by atoms with Gasteiger partial charge in [0.15, 0.2) is 23.8 Å². The molecule has 1 aliphatic heterocycles. The Bertz CT molecular complexity index is 1200. The molecule has 32 heavy (non-hydrogen) atoms. The number of rotatable bonds is 6. The highest BCUT2D eigenvalue weighted by molar-refractivity contribution is 8.06. The van der Waals surface area contributed by atoms with Crippen LogP contribution in [0.15, 0.2) is 36.9 Å². The zero-order chi connectivity index (χ0) is 23.0. The largest absolute Gasteiger partial charge is 0.451 e. The van der Waals surface area contributed by atoms with Crippen molar-refractivity contribution in [2.24, 2.45) is 0 Å². The summed E-state index contributed by atoms with van der Waals surface area (Å²) in [5.41, 5.74) is 7.45.